The molecule has 6 nitrogen and oxygen atoms in total. The summed E-state index contributed by atoms with van der Waals surface area (Å²) in [5.74, 6) is -0.376. The van der Waals surface area contributed by atoms with Crippen molar-refractivity contribution in [3.8, 4) is 5.75 Å². The molecule has 0 saturated heterocycles. The van der Waals surface area contributed by atoms with E-state index in [-0.39, 0.29) is 26.8 Å². The van der Waals surface area contributed by atoms with Crippen LogP contribution in [0.25, 0.3) is 10.8 Å². The fourth-order valence-corrected chi connectivity index (χ4v) is 2.61. The van der Waals surface area contributed by atoms with Crippen LogP contribution in [0.4, 0.5) is 5.69 Å². The number of anilines is 1. The van der Waals surface area contributed by atoms with Crippen LogP contribution in [0.5, 0.6) is 5.75 Å². The minimum absolute atomic E-state index is 0.0694. The first-order valence-electron chi connectivity index (χ1n) is 5.09. The van der Waals surface area contributed by atoms with Gasteiger partial charge in [0.1, 0.15) is 10.6 Å². The average Bonchev–Trinajstić information content (AvgIpc) is 2.30. The quantitative estimate of drug-likeness (QED) is 0.377. The van der Waals surface area contributed by atoms with Crippen molar-refractivity contribution in [1.29, 1.82) is 0 Å². The molecule has 0 aliphatic heterocycles. The van der Waals surface area contributed by atoms with Gasteiger partial charge in [-0.25, -0.2) is 0 Å². The third-order valence-corrected chi connectivity index (χ3v) is 3.51. The van der Waals surface area contributed by atoms with Crippen molar-refractivity contribution < 1.29 is 18.1 Å². The van der Waals surface area contributed by atoms with E-state index in [2.05, 4.69) is 5.32 Å². The molecule has 0 fully saturated rings. The van der Waals surface area contributed by atoms with Crippen molar-refractivity contribution in [2.75, 3.05) is 5.32 Å². The predicted molar refractivity (Wildman–Crippen MR) is 75.8 cm³/mol. The number of nitrogens with two attached hydrogens (primary N) is 1. The molecule has 19 heavy (non-hydrogen) atoms. The summed E-state index contributed by atoms with van der Waals surface area (Å²) in [6, 6.07) is 7.28. The van der Waals surface area contributed by atoms with Crippen molar-refractivity contribution in [2.45, 2.75) is 4.90 Å². The molecule has 0 amide bonds. The summed E-state index contributed by atoms with van der Waals surface area (Å²) in [7, 11) is -4.45. The van der Waals surface area contributed by atoms with Gasteiger partial charge in [-0.1, -0.05) is 24.3 Å². The molecule has 0 aromatic heterocycles. The normalized spacial score (nSPS) is 11.4. The zero-order valence-corrected chi connectivity index (χ0v) is 11.1. The molecule has 0 unspecified atom stereocenters. The Labute approximate surface area is 114 Å². The van der Waals surface area contributed by atoms with Crippen molar-refractivity contribution in [3.63, 3.8) is 0 Å². The fraction of sp³-hybridized carbons (Fsp3) is 0. The van der Waals surface area contributed by atoms with Gasteiger partial charge < -0.3 is 16.2 Å². The third kappa shape index (κ3) is 2.60. The number of benzene rings is 2. The molecule has 2 rings (SSSR count). The number of fused-ring (bicyclic) bond motifs is 1. The number of aromatic hydroxyl groups is 1. The summed E-state index contributed by atoms with van der Waals surface area (Å²) in [5.41, 5.74) is 5.54. The van der Waals surface area contributed by atoms with Crippen molar-refractivity contribution in [3.05, 3.63) is 30.3 Å². The molecular formula is C11H10N2O4S2. The van der Waals surface area contributed by atoms with E-state index in [0.29, 0.717) is 5.39 Å². The van der Waals surface area contributed by atoms with Crippen molar-refractivity contribution >= 4 is 43.9 Å². The monoisotopic (exact) mass is 298 g/mol. The zero-order valence-electron chi connectivity index (χ0n) is 9.49. The van der Waals surface area contributed by atoms with E-state index in [1.54, 1.807) is 18.2 Å². The summed E-state index contributed by atoms with van der Waals surface area (Å²) in [6.45, 7) is 0. The van der Waals surface area contributed by atoms with Crippen LogP contribution in [0.2, 0.25) is 0 Å². The molecule has 0 aliphatic carbocycles. The summed E-state index contributed by atoms with van der Waals surface area (Å²) < 4.78 is 31.8. The highest BCUT2D eigenvalue weighted by molar-refractivity contribution is 7.86. The van der Waals surface area contributed by atoms with E-state index in [0.717, 1.165) is 6.07 Å². The Kier molecular flexibility index (Phi) is 3.31. The number of phenols is 1. The van der Waals surface area contributed by atoms with Crippen LogP contribution >= 0.6 is 12.2 Å². The lowest BCUT2D eigenvalue weighted by Gasteiger charge is -2.12. The molecule has 0 spiro atoms. The summed E-state index contributed by atoms with van der Waals surface area (Å²) in [5, 5.41) is 13.0. The Morgan fingerprint density at radius 1 is 1.26 bits per heavy atom. The lowest BCUT2D eigenvalue weighted by atomic mass is 10.1. The van der Waals surface area contributed by atoms with E-state index in [1.807, 2.05) is 0 Å². The number of rotatable bonds is 2. The topological polar surface area (TPSA) is 113 Å². The van der Waals surface area contributed by atoms with Gasteiger partial charge in [-0.15, -0.1) is 0 Å². The van der Waals surface area contributed by atoms with Gasteiger partial charge in [0.2, 0.25) is 0 Å². The molecule has 2 aromatic rings. The first kappa shape index (κ1) is 13.5. The van der Waals surface area contributed by atoms with Gasteiger partial charge in [0.05, 0.1) is 5.69 Å². The van der Waals surface area contributed by atoms with Crippen LogP contribution in [0.1, 0.15) is 0 Å². The standard InChI is InChI=1S/C11H10N2O4S2/c12-11(18)13-10-7-4-2-1-3-6(7)9(5-8(10)14)19(15,16)17/h1-5,14H,(H3,12,13,18)(H,15,16,17). The Balaban J connectivity index is 2.89. The van der Waals surface area contributed by atoms with Gasteiger partial charge >= 0.3 is 0 Å². The summed E-state index contributed by atoms with van der Waals surface area (Å²) >= 11 is 4.69. The Morgan fingerprint density at radius 3 is 2.37 bits per heavy atom. The maximum atomic E-state index is 11.3. The first-order chi connectivity index (χ1) is 8.80. The van der Waals surface area contributed by atoms with Crippen LogP contribution in [0.15, 0.2) is 35.2 Å². The molecule has 0 atom stereocenters. The van der Waals surface area contributed by atoms with Crippen LogP contribution in [-0.2, 0) is 10.1 Å². The van der Waals surface area contributed by atoms with E-state index >= 15 is 0 Å². The van der Waals surface area contributed by atoms with Gasteiger partial charge in [-0.3, -0.25) is 4.55 Å². The maximum absolute atomic E-state index is 11.3. The van der Waals surface area contributed by atoms with Crippen molar-refractivity contribution in [2.24, 2.45) is 5.73 Å². The Hall–Kier alpha value is -1.90. The molecule has 5 N–H and O–H groups in total. The second-order valence-electron chi connectivity index (χ2n) is 3.78. The van der Waals surface area contributed by atoms with Gasteiger partial charge in [-0.2, -0.15) is 8.42 Å². The number of hydrogen-bond donors (Lipinski definition) is 4. The SMILES string of the molecule is NC(=S)Nc1c(O)cc(S(=O)(=O)O)c2ccccc12. The lowest BCUT2D eigenvalue weighted by molar-refractivity contribution is 0.469. The minimum Gasteiger partial charge on any atom is -0.506 e. The number of hydrogen-bond acceptors (Lipinski definition) is 4. The molecule has 0 aliphatic rings. The minimum atomic E-state index is -4.45. The zero-order chi connectivity index (χ0) is 14.2. The molecule has 0 heterocycles. The second kappa shape index (κ2) is 4.65. The second-order valence-corrected chi connectivity index (χ2v) is 5.61. The number of thiocarbonyl (C=S) groups is 1. The van der Waals surface area contributed by atoms with E-state index in [4.69, 9.17) is 18.0 Å². The van der Waals surface area contributed by atoms with E-state index in [1.165, 1.54) is 6.07 Å². The van der Waals surface area contributed by atoms with Crippen LogP contribution in [0.3, 0.4) is 0 Å². The van der Waals surface area contributed by atoms with Crippen molar-refractivity contribution in [1.82, 2.24) is 0 Å². The number of nitrogens with one attached hydrogen (secondary N) is 1. The van der Waals surface area contributed by atoms with Gasteiger partial charge in [0.15, 0.2) is 5.11 Å². The van der Waals surface area contributed by atoms with Crippen LogP contribution in [0, 0.1) is 0 Å². The molecule has 0 saturated carbocycles. The summed E-state index contributed by atoms with van der Waals surface area (Å²) in [4.78, 5) is -0.380. The van der Waals surface area contributed by atoms with Gasteiger partial charge in [0.25, 0.3) is 10.1 Å². The molecule has 0 bridgehead atoms. The Bertz CT molecular complexity index is 772. The number of phenolic OH excluding ortho intramolecular Hbond substituents is 1. The van der Waals surface area contributed by atoms with E-state index < -0.39 is 10.1 Å². The molecule has 2 aromatic carbocycles. The Morgan fingerprint density at radius 2 is 1.84 bits per heavy atom. The maximum Gasteiger partial charge on any atom is 0.295 e. The highest BCUT2D eigenvalue weighted by Gasteiger charge is 2.19. The van der Waals surface area contributed by atoms with Crippen LogP contribution < -0.4 is 11.1 Å². The van der Waals surface area contributed by atoms with Crippen LogP contribution in [-0.4, -0.2) is 23.2 Å². The molecule has 100 valence electrons. The summed E-state index contributed by atoms with van der Waals surface area (Å²) in [6.07, 6.45) is 0. The smallest absolute Gasteiger partial charge is 0.295 e. The molecular weight excluding hydrogens is 288 g/mol. The predicted octanol–water partition coefficient (Wildman–Crippen LogP) is 1.45. The fourth-order valence-electron chi connectivity index (χ4n) is 1.80. The van der Waals surface area contributed by atoms with Gasteiger partial charge in [-0.05, 0) is 12.2 Å². The molecule has 8 heteroatoms. The molecule has 0 radical (unpaired) electrons. The first-order valence-corrected chi connectivity index (χ1v) is 6.94. The van der Waals surface area contributed by atoms with Gasteiger partial charge in [0, 0.05) is 16.8 Å². The third-order valence-electron chi connectivity index (χ3n) is 2.51. The highest BCUT2D eigenvalue weighted by atomic mass is 32.2. The average molecular weight is 298 g/mol. The lowest BCUT2D eigenvalue weighted by Crippen LogP contribution is -2.19. The van der Waals surface area contributed by atoms with E-state index in [9.17, 15) is 18.1 Å². The highest BCUT2D eigenvalue weighted by Crippen LogP contribution is 2.36. The largest absolute Gasteiger partial charge is 0.506 e.